The van der Waals surface area contributed by atoms with E-state index in [0.29, 0.717) is 6.42 Å². The molecule has 1 unspecified atom stereocenters. The van der Waals surface area contributed by atoms with Crippen LogP contribution in [0.3, 0.4) is 0 Å². The summed E-state index contributed by atoms with van der Waals surface area (Å²) in [5, 5.41) is 9.97. The van der Waals surface area contributed by atoms with Crippen molar-refractivity contribution >= 4 is 0 Å². The van der Waals surface area contributed by atoms with Gasteiger partial charge >= 0.3 is 0 Å². The van der Waals surface area contributed by atoms with Crippen LogP contribution in [-0.2, 0) is 6.42 Å². The molecule has 1 heterocycles. The summed E-state index contributed by atoms with van der Waals surface area (Å²) in [6.07, 6.45) is 0.151. The molecular formula is C18H18N2O. The van der Waals surface area contributed by atoms with Crippen molar-refractivity contribution in [1.29, 1.82) is 0 Å². The van der Waals surface area contributed by atoms with Crippen molar-refractivity contribution in [2.24, 2.45) is 0 Å². The van der Waals surface area contributed by atoms with Crippen LogP contribution in [0.4, 0.5) is 0 Å². The number of hydrogen-bond acceptors (Lipinski definition) is 2. The Labute approximate surface area is 124 Å². The van der Waals surface area contributed by atoms with Gasteiger partial charge in [0, 0.05) is 12.0 Å². The monoisotopic (exact) mass is 278 g/mol. The van der Waals surface area contributed by atoms with Crippen LogP contribution in [0.2, 0.25) is 0 Å². The standard InChI is InChI=1S/C18H18N2O/c1-13(21)17-16(12-14-8-4-2-5-9-14)19-18(20-17)15-10-6-3-7-11-15/h2-11,13,21H,12H2,1H3,(H,19,20). The van der Waals surface area contributed by atoms with E-state index in [0.717, 1.165) is 22.8 Å². The van der Waals surface area contributed by atoms with Crippen molar-refractivity contribution in [2.75, 3.05) is 0 Å². The van der Waals surface area contributed by atoms with Crippen molar-refractivity contribution < 1.29 is 5.11 Å². The number of aromatic amines is 1. The lowest BCUT2D eigenvalue weighted by atomic mass is 10.1. The maximum Gasteiger partial charge on any atom is 0.137 e. The van der Waals surface area contributed by atoms with E-state index in [9.17, 15) is 5.11 Å². The lowest BCUT2D eigenvalue weighted by Gasteiger charge is -2.04. The van der Waals surface area contributed by atoms with Gasteiger partial charge in [-0.2, -0.15) is 0 Å². The molecule has 3 heteroatoms. The van der Waals surface area contributed by atoms with E-state index in [4.69, 9.17) is 0 Å². The van der Waals surface area contributed by atoms with Gasteiger partial charge in [-0.25, -0.2) is 4.98 Å². The van der Waals surface area contributed by atoms with Crippen LogP contribution < -0.4 is 0 Å². The highest BCUT2D eigenvalue weighted by Crippen LogP contribution is 2.23. The molecule has 0 aliphatic carbocycles. The second-order valence-corrected chi connectivity index (χ2v) is 5.15. The zero-order valence-electron chi connectivity index (χ0n) is 12.0. The van der Waals surface area contributed by atoms with E-state index >= 15 is 0 Å². The van der Waals surface area contributed by atoms with Gasteiger partial charge < -0.3 is 10.1 Å². The summed E-state index contributed by atoms with van der Waals surface area (Å²) in [7, 11) is 0. The quantitative estimate of drug-likeness (QED) is 0.764. The number of nitrogens with zero attached hydrogens (tertiary/aromatic N) is 1. The lowest BCUT2D eigenvalue weighted by molar-refractivity contribution is 0.194. The largest absolute Gasteiger partial charge is 0.387 e. The fourth-order valence-electron chi connectivity index (χ4n) is 2.43. The highest BCUT2D eigenvalue weighted by Gasteiger charge is 2.15. The first-order chi connectivity index (χ1) is 10.2. The molecular weight excluding hydrogens is 260 g/mol. The summed E-state index contributed by atoms with van der Waals surface area (Å²) in [6.45, 7) is 1.76. The third-order valence-electron chi connectivity index (χ3n) is 3.49. The topological polar surface area (TPSA) is 48.9 Å². The Bertz CT molecular complexity index is 703. The average Bonchev–Trinajstić information content (AvgIpc) is 2.93. The smallest absolute Gasteiger partial charge is 0.137 e. The molecule has 3 rings (SSSR count). The van der Waals surface area contributed by atoms with Gasteiger partial charge in [0.15, 0.2) is 0 Å². The van der Waals surface area contributed by atoms with Gasteiger partial charge in [-0.15, -0.1) is 0 Å². The molecule has 1 aromatic heterocycles. The molecule has 0 aliphatic heterocycles. The molecule has 106 valence electrons. The molecule has 0 saturated carbocycles. The van der Waals surface area contributed by atoms with Crippen molar-refractivity contribution in [3.63, 3.8) is 0 Å². The van der Waals surface area contributed by atoms with Crippen LogP contribution in [0.1, 0.15) is 30.0 Å². The molecule has 0 aliphatic rings. The Balaban J connectivity index is 1.98. The number of rotatable bonds is 4. The summed E-state index contributed by atoms with van der Waals surface area (Å²) in [6, 6.07) is 20.1. The minimum atomic E-state index is -0.561. The fraction of sp³-hybridized carbons (Fsp3) is 0.167. The van der Waals surface area contributed by atoms with Crippen molar-refractivity contribution in [1.82, 2.24) is 9.97 Å². The molecule has 2 N–H and O–H groups in total. The number of aliphatic hydroxyl groups is 1. The van der Waals surface area contributed by atoms with Gasteiger partial charge in [-0.3, -0.25) is 0 Å². The SMILES string of the molecule is CC(O)c1[nH]c(-c2ccccc2)nc1Cc1ccccc1. The number of benzene rings is 2. The molecule has 0 fully saturated rings. The number of imidazole rings is 1. The van der Waals surface area contributed by atoms with Crippen LogP contribution in [0.5, 0.6) is 0 Å². The minimum Gasteiger partial charge on any atom is -0.387 e. The van der Waals surface area contributed by atoms with Crippen LogP contribution in [-0.4, -0.2) is 15.1 Å². The molecule has 0 saturated heterocycles. The van der Waals surface area contributed by atoms with Gasteiger partial charge in [0.1, 0.15) is 5.82 Å². The molecule has 0 amide bonds. The molecule has 2 aromatic carbocycles. The van der Waals surface area contributed by atoms with Gasteiger partial charge in [-0.1, -0.05) is 60.7 Å². The van der Waals surface area contributed by atoms with E-state index in [1.165, 1.54) is 5.56 Å². The van der Waals surface area contributed by atoms with E-state index in [1.54, 1.807) is 6.92 Å². The molecule has 1 atom stereocenters. The predicted molar refractivity (Wildman–Crippen MR) is 83.9 cm³/mol. The second-order valence-electron chi connectivity index (χ2n) is 5.15. The Morgan fingerprint density at radius 1 is 1.00 bits per heavy atom. The van der Waals surface area contributed by atoms with E-state index in [-0.39, 0.29) is 0 Å². The van der Waals surface area contributed by atoms with E-state index in [1.807, 2.05) is 48.5 Å². The number of H-pyrrole nitrogens is 1. The number of aliphatic hydroxyl groups excluding tert-OH is 1. The maximum absolute atomic E-state index is 9.97. The van der Waals surface area contributed by atoms with Crippen LogP contribution in [0.25, 0.3) is 11.4 Å². The number of nitrogens with one attached hydrogen (secondary N) is 1. The van der Waals surface area contributed by atoms with Crippen LogP contribution in [0, 0.1) is 0 Å². The normalized spacial score (nSPS) is 12.3. The van der Waals surface area contributed by atoms with E-state index < -0.39 is 6.10 Å². The summed E-state index contributed by atoms with van der Waals surface area (Å²) >= 11 is 0. The predicted octanol–water partition coefficient (Wildman–Crippen LogP) is 3.72. The van der Waals surface area contributed by atoms with Gasteiger partial charge in [0.05, 0.1) is 17.5 Å². The molecule has 3 nitrogen and oxygen atoms in total. The molecule has 0 bridgehead atoms. The van der Waals surface area contributed by atoms with Gasteiger partial charge in [0.25, 0.3) is 0 Å². The van der Waals surface area contributed by atoms with Crippen LogP contribution in [0.15, 0.2) is 60.7 Å². The zero-order valence-corrected chi connectivity index (χ0v) is 12.0. The molecule has 21 heavy (non-hydrogen) atoms. The summed E-state index contributed by atoms with van der Waals surface area (Å²) in [5.74, 6) is 0.803. The van der Waals surface area contributed by atoms with Crippen molar-refractivity contribution in [2.45, 2.75) is 19.4 Å². The minimum absolute atomic E-state index is 0.561. The van der Waals surface area contributed by atoms with E-state index in [2.05, 4.69) is 22.1 Å². The highest BCUT2D eigenvalue weighted by atomic mass is 16.3. The molecule has 3 aromatic rings. The molecule has 0 radical (unpaired) electrons. The Morgan fingerprint density at radius 3 is 2.24 bits per heavy atom. The Morgan fingerprint density at radius 2 is 1.62 bits per heavy atom. The number of aromatic nitrogens is 2. The fourth-order valence-corrected chi connectivity index (χ4v) is 2.43. The first-order valence-electron chi connectivity index (χ1n) is 7.10. The first-order valence-corrected chi connectivity index (χ1v) is 7.10. The lowest BCUT2D eigenvalue weighted by Crippen LogP contribution is -1.98. The summed E-state index contributed by atoms with van der Waals surface area (Å²) in [5.41, 5.74) is 3.90. The summed E-state index contributed by atoms with van der Waals surface area (Å²) < 4.78 is 0. The maximum atomic E-state index is 9.97. The summed E-state index contributed by atoms with van der Waals surface area (Å²) in [4.78, 5) is 7.94. The Hall–Kier alpha value is -2.39. The third kappa shape index (κ3) is 3.03. The average molecular weight is 278 g/mol. The highest BCUT2D eigenvalue weighted by molar-refractivity contribution is 5.56. The number of hydrogen-bond donors (Lipinski definition) is 2. The van der Waals surface area contributed by atoms with Gasteiger partial charge in [0.2, 0.25) is 0 Å². The Kier molecular flexibility index (Phi) is 3.84. The van der Waals surface area contributed by atoms with Crippen LogP contribution >= 0.6 is 0 Å². The third-order valence-corrected chi connectivity index (χ3v) is 3.49. The zero-order chi connectivity index (χ0) is 14.7. The van der Waals surface area contributed by atoms with Gasteiger partial charge in [-0.05, 0) is 12.5 Å². The van der Waals surface area contributed by atoms with Crippen molar-refractivity contribution in [3.8, 4) is 11.4 Å². The van der Waals surface area contributed by atoms with Crippen molar-refractivity contribution in [3.05, 3.63) is 77.6 Å². The second kappa shape index (κ2) is 5.94. The first kappa shape index (κ1) is 13.6. The molecule has 0 spiro atoms.